The topological polar surface area (TPSA) is 83.3 Å². The number of hydrogen-bond acceptors (Lipinski definition) is 6. The highest BCUT2D eigenvalue weighted by Crippen LogP contribution is 2.25. The average Bonchev–Trinajstić information content (AvgIpc) is 2.61. The molecule has 1 aliphatic rings. The van der Waals surface area contributed by atoms with Crippen LogP contribution in [0.5, 0.6) is 0 Å². The first-order chi connectivity index (χ1) is 11.5. The number of carbonyl (C=O) groups excluding carboxylic acids is 2. The number of nitrogens with zero attached hydrogens (tertiary/aromatic N) is 3. The Labute approximate surface area is 146 Å². The van der Waals surface area contributed by atoms with E-state index in [1.807, 2.05) is 6.92 Å². The van der Waals surface area contributed by atoms with Gasteiger partial charge in [-0.05, 0) is 38.8 Å². The molecular formula is C17H21N3O3S. The van der Waals surface area contributed by atoms with Crippen LogP contribution >= 0.6 is 11.8 Å². The monoisotopic (exact) mass is 347 g/mol. The number of likely N-dealkylation sites (tertiary alicyclic amines) is 1. The maximum absolute atomic E-state index is 12.6. The van der Waals surface area contributed by atoms with Crippen molar-refractivity contribution in [3.05, 3.63) is 23.9 Å². The summed E-state index contributed by atoms with van der Waals surface area (Å²) in [5.74, 6) is -0.475. The number of piperidine rings is 1. The molecule has 1 aromatic heterocycles. The van der Waals surface area contributed by atoms with Crippen molar-refractivity contribution in [2.45, 2.75) is 37.0 Å². The lowest BCUT2D eigenvalue weighted by atomic mass is 9.98. The Morgan fingerprint density at radius 1 is 1.58 bits per heavy atom. The van der Waals surface area contributed by atoms with Crippen molar-refractivity contribution < 1.29 is 14.3 Å². The van der Waals surface area contributed by atoms with E-state index >= 15 is 0 Å². The second-order valence-corrected chi connectivity index (χ2v) is 6.99. The summed E-state index contributed by atoms with van der Waals surface area (Å²) >= 11 is 1.33. The van der Waals surface area contributed by atoms with E-state index in [4.69, 9.17) is 10.00 Å². The van der Waals surface area contributed by atoms with Crippen LogP contribution in [0.4, 0.5) is 0 Å². The minimum atomic E-state index is -0.326. The molecule has 0 radical (unpaired) electrons. The number of thioether (sulfide) groups is 1. The van der Waals surface area contributed by atoms with E-state index in [-0.39, 0.29) is 23.0 Å². The highest BCUT2D eigenvalue weighted by atomic mass is 32.2. The fourth-order valence-corrected chi connectivity index (χ4v) is 3.59. The van der Waals surface area contributed by atoms with E-state index in [1.165, 1.54) is 11.8 Å². The molecule has 0 unspecified atom stereocenters. The predicted molar refractivity (Wildman–Crippen MR) is 90.2 cm³/mol. The Balaban J connectivity index is 1.96. The van der Waals surface area contributed by atoms with Gasteiger partial charge in [0.2, 0.25) is 5.91 Å². The Kier molecular flexibility index (Phi) is 6.62. The molecule has 0 N–H and O–H groups in total. The summed E-state index contributed by atoms with van der Waals surface area (Å²) in [5.41, 5.74) is 0.521. The minimum absolute atomic E-state index is 0.0156. The number of esters is 1. The fourth-order valence-electron chi connectivity index (χ4n) is 2.66. The zero-order valence-corrected chi connectivity index (χ0v) is 14.7. The first-order valence-electron chi connectivity index (χ1n) is 8.03. The van der Waals surface area contributed by atoms with Crippen molar-refractivity contribution in [2.75, 3.05) is 19.7 Å². The van der Waals surface area contributed by atoms with E-state index in [1.54, 1.807) is 30.2 Å². The van der Waals surface area contributed by atoms with Crippen molar-refractivity contribution in [2.24, 2.45) is 5.92 Å². The molecule has 1 fully saturated rings. The number of pyridine rings is 1. The Hall–Kier alpha value is -2.07. The summed E-state index contributed by atoms with van der Waals surface area (Å²) in [6, 6.07) is 5.37. The molecule has 1 aromatic rings. The maximum atomic E-state index is 12.6. The standard InChI is InChI=1S/C17H21N3O3S/c1-3-23-17(22)14-5-4-8-20(11-14)16(21)12(2)24-15-9-13(10-18)6-7-19-15/h6-7,9,12,14H,3-5,8,11H2,1-2H3/t12-,14+/m1/s1. The quantitative estimate of drug-likeness (QED) is 0.600. The zero-order valence-electron chi connectivity index (χ0n) is 13.9. The van der Waals surface area contributed by atoms with Gasteiger partial charge in [0.15, 0.2) is 0 Å². The molecule has 1 aliphatic heterocycles. The van der Waals surface area contributed by atoms with Crippen LogP contribution < -0.4 is 0 Å². The van der Waals surface area contributed by atoms with Gasteiger partial charge in [0.05, 0.1) is 34.4 Å². The van der Waals surface area contributed by atoms with Gasteiger partial charge >= 0.3 is 5.97 Å². The first-order valence-corrected chi connectivity index (χ1v) is 8.91. The van der Waals surface area contributed by atoms with E-state index in [0.29, 0.717) is 30.3 Å². The molecule has 0 aromatic carbocycles. The van der Waals surface area contributed by atoms with Gasteiger partial charge in [-0.25, -0.2) is 4.98 Å². The third kappa shape index (κ3) is 4.71. The van der Waals surface area contributed by atoms with Crippen LogP contribution in [0.25, 0.3) is 0 Å². The fraction of sp³-hybridized carbons (Fsp3) is 0.529. The number of carbonyl (C=O) groups is 2. The summed E-state index contributed by atoms with van der Waals surface area (Å²) in [6.45, 7) is 5.03. The maximum Gasteiger partial charge on any atom is 0.310 e. The molecule has 6 nitrogen and oxygen atoms in total. The van der Waals surface area contributed by atoms with E-state index in [0.717, 1.165) is 12.8 Å². The van der Waals surface area contributed by atoms with Crippen molar-refractivity contribution in [3.8, 4) is 6.07 Å². The summed E-state index contributed by atoms with van der Waals surface area (Å²) in [6.07, 6.45) is 3.13. The van der Waals surface area contributed by atoms with Gasteiger partial charge in [-0.3, -0.25) is 9.59 Å². The van der Waals surface area contributed by atoms with Gasteiger partial charge < -0.3 is 9.64 Å². The van der Waals surface area contributed by atoms with Crippen LogP contribution in [0.15, 0.2) is 23.4 Å². The first kappa shape index (κ1) is 18.3. The summed E-state index contributed by atoms with van der Waals surface area (Å²) in [4.78, 5) is 30.5. The molecule has 0 bridgehead atoms. The van der Waals surface area contributed by atoms with Crippen LogP contribution in [-0.2, 0) is 14.3 Å². The molecule has 128 valence electrons. The predicted octanol–water partition coefficient (Wildman–Crippen LogP) is 2.24. The Bertz CT molecular complexity index is 644. The Morgan fingerprint density at radius 3 is 3.08 bits per heavy atom. The van der Waals surface area contributed by atoms with Crippen LogP contribution in [0, 0.1) is 17.2 Å². The van der Waals surface area contributed by atoms with Gasteiger partial charge in [-0.2, -0.15) is 5.26 Å². The summed E-state index contributed by atoms with van der Waals surface area (Å²) in [7, 11) is 0. The van der Waals surface area contributed by atoms with Gasteiger partial charge in [0.25, 0.3) is 0 Å². The third-order valence-electron chi connectivity index (χ3n) is 3.86. The van der Waals surface area contributed by atoms with Gasteiger partial charge in [0.1, 0.15) is 0 Å². The molecule has 24 heavy (non-hydrogen) atoms. The Morgan fingerprint density at radius 2 is 2.38 bits per heavy atom. The molecule has 0 spiro atoms. The number of rotatable bonds is 5. The normalized spacial score (nSPS) is 18.5. The van der Waals surface area contributed by atoms with Gasteiger partial charge in [0, 0.05) is 19.3 Å². The van der Waals surface area contributed by atoms with E-state index in [9.17, 15) is 9.59 Å². The summed E-state index contributed by atoms with van der Waals surface area (Å²) in [5, 5.41) is 9.25. The number of amides is 1. The lowest BCUT2D eigenvalue weighted by Gasteiger charge is -2.33. The number of hydrogen-bond donors (Lipinski definition) is 0. The van der Waals surface area contributed by atoms with Crippen LogP contribution in [0.2, 0.25) is 0 Å². The molecule has 0 saturated carbocycles. The highest BCUT2D eigenvalue weighted by Gasteiger charge is 2.31. The van der Waals surface area contributed by atoms with Crippen molar-refractivity contribution in [3.63, 3.8) is 0 Å². The van der Waals surface area contributed by atoms with Crippen molar-refractivity contribution in [1.82, 2.24) is 9.88 Å². The molecule has 2 rings (SSSR count). The molecule has 2 atom stereocenters. The smallest absolute Gasteiger partial charge is 0.310 e. The molecule has 1 saturated heterocycles. The third-order valence-corrected chi connectivity index (χ3v) is 4.88. The molecule has 0 aliphatic carbocycles. The van der Waals surface area contributed by atoms with Gasteiger partial charge in [-0.1, -0.05) is 11.8 Å². The minimum Gasteiger partial charge on any atom is -0.466 e. The molecule has 1 amide bonds. The molecule has 2 heterocycles. The average molecular weight is 347 g/mol. The van der Waals surface area contributed by atoms with Crippen molar-refractivity contribution in [1.29, 1.82) is 5.26 Å². The lowest BCUT2D eigenvalue weighted by Crippen LogP contribution is -2.45. The van der Waals surface area contributed by atoms with Crippen LogP contribution in [-0.4, -0.2) is 46.7 Å². The SMILES string of the molecule is CCOC(=O)[C@H]1CCCN(C(=O)[C@@H](C)Sc2cc(C#N)ccn2)C1. The molecule has 7 heteroatoms. The second-order valence-electron chi connectivity index (χ2n) is 5.63. The van der Waals surface area contributed by atoms with Crippen LogP contribution in [0.1, 0.15) is 32.3 Å². The van der Waals surface area contributed by atoms with Crippen molar-refractivity contribution >= 4 is 23.6 Å². The second kappa shape index (κ2) is 8.69. The largest absolute Gasteiger partial charge is 0.466 e. The van der Waals surface area contributed by atoms with E-state index in [2.05, 4.69) is 11.1 Å². The lowest BCUT2D eigenvalue weighted by molar-refractivity contribution is -0.151. The van der Waals surface area contributed by atoms with E-state index < -0.39 is 0 Å². The number of ether oxygens (including phenoxy) is 1. The highest BCUT2D eigenvalue weighted by molar-refractivity contribution is 8.00. The summed E-state index contributed by atoms with van der Waals surface area (Å²) < 4.78 is 5.07. The van der Waals surface area contributed by atoms with Crippen LogP contribution in [0.3, 0.4) is 0 Å². The number of nitriles is 1. The van der Waals surface area contributed by atoms with Gasteiger partial charge in [-0.15, -0.1) is 0 Å². The zero-order chi connectivity index (χ0) is 17.5. The number of aromatic nitrogens is 1. The molecular weight excluding hydrogens is 326 g/mol.